The average molecular weight is 291 g/mol. The maximum Gasteiger partial charge on any atom is 0.141 e. The number of hydrogen-bond acceptors (Lipinski definition) is 5. The molecule has 1 fully saturated rings. The van der Waals surface area contributed by atoms with Gasteiger partial charge in [0.1, 0.15) is 16.5 Å². The first-order chi connectivity index (χ1) is 9.69. The number of aromatic nitrogens is 2. The summed E-state index contributed by atoms with van der Waals surface area (Å²) in [7, 11) is 0. The molecule has 0 radical (unpaired) electrons. The normalized spacial score (nSPS) is 20.8. The molecule has 0 saturated carbocycles. The van der Waals surface area contributed by atoms with Crippen molar-refractivity contribution < 1.29 is 5.11 Å². The van der Waals surface area contributed by atoms with Gasteiger partial charge in [0.2, 0.25) is 0 Å². The summed E-state index contributed by atoms with van der Waals surface area (Å²) in [5.41, 5.74) is 0. The third-order valence-electron chi connectivity index (χ3n) is 3.93. The van der Waals surface area contributed by atoms with Gasteiger partial charge in [0.25, 0.3) is 0 Å². The number of anilines is 1. The van der Waals surface area contributed by atoms with Gasteiger partial charge >= 0.3 is 0 Å². The fourth-order valence-electron chi connectivity index (χ4n) is 3.01. The van der Waals surface area contributed by atoms with Crippen LogP contribution in [-0.4, -0.2) is 33.8 Å². The first kappa shape index (κ1) is 13.8. The number of aliphatic hydroxyl groups is 1. The van der Waals surface area contributed by atoms with Crippen LogP contribution in [0.4, 0.5) is 5.82 Å². The molecule has 3 rings (SSSR count). The van der Waals surface area contributed by atoms with Gasteiger partial charge in [0, 0.05) is 19.0 Å². The van der Waals surface area contributed by atoms with Crippen LogP contribution in [-0.2, 0) is 6.42 Å². The molecular formula is C15H21N3OS. The summed E-state index contributed by atoms with van der Waals surface area (Å²) < 4.78 is 0. The Morgan fingerprint density at radius 3 is 3.10 bits per heavy atom. The van der Waals surface area contributed by atoms with E-state index in [1.54, 1.807) is 11.3 Å². The lowest BCUT2D eigenvalue weighted by atomic mass is 10.1. The summed E-state index contributed by atoms with van der Waals surface area (Å²) in [6.45, 7) is 4.99. The molecule has 2 aromatic heterocycles. The van der Waals surface area contributed by atoms with E-state index in [1.165, 1.54) is 6.42 Å². The van der Waals surface area contributed by atoms with E-state index in [-0.39, 0.29) is 6.10 Å². The van der Waals surface area contributed by atoms with Gasteiger partial charge in [-0.2, -0.15) is 0 Å². The highest BCUT2D eigenvalue weighted by Crippen LogP contribution is 2.33. The van der Waals surface area contributed by atoms with E-state index < -0.39 is 0 Å². The summed E-state index contributed by atoms with van der Waals surface area (Å²) in [6, 6.07) is 2.52. The Labute approximate surface area is 123 Å². The van der Waals surface area contributed by atoms with Gasteiger partial charge in [0.15, 0.2) is 0 Å². The Kier molecular flexibility index (Phi) is 3.89. The Bertz CT molecular complexity index is 596. The molecule has 2 atom stereocenters. The van der Waals surface area contributed by atoms with Gasteiger partial charge in [-0.25, -0.2) is 9.97 Å². The first-order valence-corrected chi connectivity index (χ1v) is 8.25. The minimum absolute atomic E-state index is 0.258. The third-order valence-corrected chi connectivity index (χ3v) is 4.74. The molecule has 0 spiro atoms. The number of aliphatic hydroxyl groups excluding tert-OH is 1. The molecule has 2 aromatic rings. The van der Waals surface area contributed by atoms with Gasteiger partial charge in [-0.05, 0) is 37.6 Å². The minimum atomic E-state index is -0.258. The molecule has 0 aliphatic carbocycles. The van der Waals surface area contributed by atoms with E-state index in [1.807, 2.05) is 6.92 Å². The summed E-state index contributed by atoms with van der Waals surface area (Å²) >= 11 is 1.68. The van der Waals surface area contributed by atoms with Crippen molar-refractivity contribution in [3.05, 3.63) is 17.3 Å². The van der Waals surface area contributed by atoms with Crippen molar-refractivity contribution >= 4 is 27.4 Å². The highest BCUT2D eigenvalue weighted by atomic mass is 32.1. The van der Waals surface area contributed by atoms with Crippen LogP contribution in [0.15, 0.2) is 11.4 Å². The van der Waals surface area contributed by atoms with E-state index in [4.69, 9.17) is 4.98 Å². The number of rotatable bonds is 4. The molecular weight excluding hydrogens is 270 g/mol. The van der Waals surface area contributed by atoms with E-state index in [2.05, 4.69) is 28.3 Å². The van der Waals surface area contributed by atoms with Crippen LogP contribution in [0.3, 0.4) is 0 Å². The molecule has 1 aliphatic heterocycles. The van der Waals surface area contributed by atoms with E-state index >= 15 is 0 Å². The van der Waals surface area contributed by atoms with E-state index in [0.29, 0.717) is 6.04 Å². The first-order valence-electron chi connectivity index (χ1n) is 7.38. The van der Waals surface area contributed by atoms with E-state index in [9.17, 15) is 5.11 Å². The molecule has 4 nitrogen and oxygen atoms in total. The molecule has 0 aromatic carbocycles. The number of fused-ring (bicyclic) bond motifs is 1. The highest BCUT2D eigenvalue weighted by Gasteiger charge is 2.28. The second kappa shape index (κ2) is 5.66. The standard InChI is InChI=1S/C15H21N3OS/c1-3-13-16-14(12-6-8-20-15(12)17-13)18-7-4-5-11(18)9-10(2)19/h6,8,10-11,19H,3-5,7,9H2,1-2H3. The molecule has 1 N–H and O–H groups in total. The summed E-state index contributed by atoms with van der Waals surface area (Å²) in [4.78, 5) is 12.8. The van der Waals surface area contributed by atoms with Gasteiger partial charge in [0.05, 0.1) is 11.5 Å². The maximum absolute atomic E-state index is 9.69. The van der Waals surface area contributed by atoms with Gasteiger partial charge in [-0.15, -0.1) is 11.3 Å². The predicted molar refractivity (Wildman–Crippen MR) is 83.5 cm³/mol. The lowest BCUT2D eigenvalue weighted by molar-refractivity contribution is 0.175. The Morgan fingerprint density at radius 1 is 1.50 bits per heavy atom. The molecule has 0 bridgehead atoms. The van der Waals surface area contributed by atoms with Crippen molar-refractivity contribution in [1.82, 2.24) is 9.97 Å². The van der Waals surface area contributed by atoms with Crippen molar-refractivity contribution in [3.63, 3.8) is 0 Å². The smallest absolute Gasteiger partial charge is 0.141 e. The summed E-state index contributed by atoms with van der Waals surface area (Å²) in [5, 5.41) is 12.9. The fourth-order valence-corrected chi connectivity index (χ4v) is 3.79. The molecule has 1 saturated heterocycles. The van der Waals surface area contributed by atoms with Gasteiger partial charge < -0.3 is 10.0 Å². The molecule has 20 heavy (non-hydrogen) atoms. The van der Waals surface area contributed by atoms with Crippen molar-refractivity contribution in [3.8, 4) is 0 Å². The zero-order valence-corrected chi connectivity index (χ0v) is 12.9. The van der Waals surface area contributed by atoms with Crippen molar-refractivity contribution in [2.24, 2.45) is 0 Å². The Balaban J connectivity index is 2.01. The van der Waals surface area contributed by atoms with Crippen LogP contribution in [0.2, 0.25) is 0 Å². The SMILES string of the molecule is CCc1nc(N2CCCC2CC(C)O)c2ccsc2n1. The number of nitrogens with zero attached hydrogens (tertiary/aromatic N) is 3. The van der Waals surface area contributed by atoms with Crippen LogP contribution in [0.1, 0.15) is 38.9 Å². The second-order valence-corrected chi connectivity index (χ2v) is 6.43. The monoisotopic (exact) mass is 291 g/mol. The number of thiophene rings is 1. The quantitative estimate of drug-likeness (QED) is 0.941. The number of aryl methyl sites for hydroxylation is 1. The molecule has 5 heteroatoms. The van der Waals surface area contributed by atoms with Crippen LogP contribution in [0, 0.1) is 0 Å². The second-order valence-electron chi connectivity index (χ2n) is 5.53. The third kappa shape index (κ3) is 2.52. The van der Waals surface area contributed by atoms with E-state index in [0.717, 1.165) is 47.7 Å². The van der Waals surface area contributed by atoms with Gasteiger partial charge in [-0.3, -0.25) is 0 Å². The van der Waals surface area contributed by atoms with Crippen LogP contribution in [0.5, 0.6) is 0 Å². The highest BCUT2D eigenvalue weighted by molar-refractivity contribution is 7.16. The zero-order valence-electron chi connectivity index (χ0n) is 12.0. The fraction of sp³-hybridized carbons (Fsp3) is 0.600. The van der Waals surface area contributed by atoms with Crippen molar-refractivity contribution in [2.45, 2.75) is 51.7 Å². The largest absolute Gasteiger partial charge is 0.393 e. The van der Waals surface area contributed by atoms with Crippen LogP contribution in [0.25, 0.3) is 10.2 Å². The van der Waals surface area contributed by atoms with Crippen LogP contribution < -0.4 is 4.90 Å². The predicted octanol–water partition coefficient (Wildman–Crippen LogP) is 2.99. The Morgan fingerprint density at radius 2 is 2.35 bits per heavy atom. The summed E-state index contributed by atoms with van der Waals surface area (Å²) in [6.07, 6.45) is 3.73. The number of hydrogen-bond donors (Lipinski definition) is 1. The molecule has 3 heterocycles. The Hall–Kier alpha value is -1.20. The van der Waals surface area contributed by atoms with Crippen LogP contribution >= 0.6 is 11.3 Å². The van der Waals surface area contributed by atoms with Gasteiger partial charge in [-0.1, -0.05) is 6.92 Å². The topological polar surface area (TPSA) is 49.2 Å². The summed E-state index contributed by atoms with van der Waals surface area (Å²) in [5.74, 6) is 1.98. The molecule has 108 valence electrons. The van der Waals surface area contributed by atoms with Crippen molar-refractivity contribution in [2.75, 3.05) is 11.4 Å². The molecule has 1 aliphatic rings. The average Bonchev–Trinajstić information content (AvgIpc) is 3.05. The lowest BCUT2D eigenvalue weighted by Crippen LogP contribution is -2.32. The van der Waals surface area contributed by atoms with Crippen molar-refractivity contribution in [1.29, 1.82) is 0 Å². The lowest BCUT2D eigenvalue weighted by Gasteiger charge is -2.27. The maximum atomic E-state index is 9.69. The zero-order chi connectivity index (χ0) is 14.1. The minimum Gasteiger partial charge on any atom is -0.393 e. The molecule has 2 unspecified atom stereocenters. The molecule has 0 amide bonds.